The second kappa shape index (κ2) is 5.99. The number of hydrogen-bond donors (Lipinski definition) is 1. The van der Waals surface area contributed by atoms with Crippen molar-refractivity contribution in [1.29, 1.82) is 0 Å². The van der Waals surface area contributed by atoms with Crippen molar-refractivity contribution in [2.75, 3.05) is 13.1 Å². The molecule has 8 heteroatoms. The Balaban J connectivity index is 1.61. The number of halogens is 3. The van der Waals surface area contributed by atoms with E-state index in [9.17, 15) is 22.8 Å². The molecular weight excluding hydrogens is 311 g/mol. The summed E-state index contributed by atoms with van der Waals surface area (Å²) in [6.45, 7) is 1.30. The van der Waals surface area contributed by atoms with Crippen LogP contribution in [-0.2, 0) is 17.5 Å². The lowest BCUT2D eigenvalue weighted by atomic mass is 10.2. The topological polar surface area (TPSA) is 54.3 Å². The SMILES string of the molecule is O=C(Cn1cccc(C(F)(F)F)c1=O)NC1CCN(C2CC2)C1. The van der Waals surface area contributed by atoms with Crippen LogP contribution in [0.1, 0.15) is 24.8 Å². The van der Waals surface area contributed by atoms with Gasteiger partial charge in [0.05, 0.1) is 0 Å². The molecule has 3 rings (SSSR count). The number of aromatic nitrogens is 1. The van der Waals surface area contributed by atoms with Crippen molar-refractivity contribution in [3.05, 3.63) is 34.2 Å². The van der Waals surface area contributed by atoms with Crippen molar-refractivity contribution in [3.8, 4) is 0 Å². The predicted molar refractivity (Wildman–Crippen MR) is 76.8 cm³/mol. The highest BCUT2D eigenvalue weighted by atomic mass is 19.4. The molecule has 5 nitrogen and oxygen atoms in total. The smallest absolute Gasteiger partial charge is 0.350 e. The number of likely N-dealkylation sites (tertiary alicyclic amines) is 1. The highest BCUT2D eigenvalue weighted by molar-refractivity contribution is 5.76. The first-order chi connectivity index (χ1) is 10.8. The van der Waals surface area contributed by atoms with Gasteiger partial charge < -0.3 is 9.88 Å². The summed E-state index contributed by atoms with van der Waals surface area (Å²) in [5, 5.41) is 2.80. The maximum Gasteiger partial charge on any atom is 0.421 e. The maximum atomic E-state index is 12.7. The number of carbonyl (C=O) groups excluding carboxylic acids is 1. The number of pyridine rings is 1. The van der Waals surface area contributed by atoms with Crippen LogP contribution in [0.3, 0.4) is 0 Å². The molecule has 0 radical (unpaired) electrons. The molecule has 0 aromatic carbocycles. The molecule has 1 amide bonds. The van der Waals surface area contributed by atoms with Gasteiger partial charge in [-0.2, -0.15) is 13.2 Å². The Labute approximate surface area is 131 Å². The minimum absolute atomic E-state index is 0.00426. The molecule has 1 aromatic heterocycles. The van der Waals surface area contributed by atoms with Crippen molar-refractivity contribution in [2.24, 2.45) is 0 Å². The van der Waals surface area contributed by atoms with E-state index in [1.54, 1.807) is 0 Å². The molecule has 2 aliphatic rings. The molecule has 1 N–H and O–H groups in total. The van der Waals surface area contributed by atoms with Crippen LogP contribution in [0.4, 0.5) is 13.2 Å². The number of rotatable bonds is 4. The molecule has 2 fully saturated rings. The second-order valence-corrected chi connectivity index (χ2v) is 6.13. The van der Waals surface area contributed by atoms with Crippen LogP contribution in [0.25, 0.3) is 0 Å². The highest BCUT2D eigenvalue weighted by Gasteiger charge is 2.36. The first-order valence-corrected chi connectivity index (χ1v) is 7.64. The first kappa shape index (κ1) is 16.0. The molecule has 126 valence electrons. The van der Waals surface area contributed by atoms with Gasteiger partial charge in [-0.1, -0.05) is 0 Å². The number of nitrogens with one attached hydrogen (secondary N) is 1. The standard InChI is InChI=1S/C15H18F3N3O2/c16-15(17,18)12-2-1-6-21(14(12)23)9-13(22)19-10-5-7-20(8-10)11-3-4-11/h1-2,6,10-11H,3-5,7-9H2,(H,19,22). The lowest BCUT2D eigenvalue weighted by molar-refractivity contribution is -0.139. The molecule has 2 heterocycles. The molecule has 1 aliphatic heterocycles. The molecule has 1 atom stereocenters. The quantitative estimate of drug-likeness (QED) is 0.904. The van der Waals surface area contributed by atoms with E-state index in [2.05, 4.69) is 10.2 Å². The lowest BCUT2D eigenvalue weighted by Crippen LogP contribution is -2.41. The minimum atomic E-state index is -4.72. The molecule has 1 unspecified atom stereocenters. The number of alkyl halides is 3. The molecule has 0 bridgehead atoms. The zero-order valence-corrected chi connectivity index (χ0v) is 12.5. The fourth-order valence-corrected chi connectivity index (χ4v) is 2.98. The summed E-state index contributed by atoms with van der Waals surface area (Å²) >= 11 is 0. The fraction of sp³-hybridized carbons (Fsp3) is 0.600. The normalized spacial score (nSPS) is 22.3. The van der Waals surface area contributed by atoms with E-state index >= 15 is 0 Å². The first-order valence-electron chi connectivity index (χ1n) is 7.64. The molecule has 23 heavy (non-hydrogen) atoms. The third kappa shape index (κ3) is 3.74. The lowest BCUT2D eigenvalue weighted by Gasteiger charge is -2.16. The zero-order valence-electron chi connectivity index (χ0n) is 12.5. The number of amides is 1. The van der Waals surface area contributed by atoms with Gasteiger partial charge in [0.15, 0.2) is 0 Å². The Hall–Kier alpha value is -1.83. The number of hydrogen-bond acceptors (Lipinski definition) is 3. The van der Waals surface area contributed by atoms with Gasteiger partial charge in [0.25, 0.3) is 5.56 Å². The van der Waals surface area contributed by atoms with Crippen molar-refractivity contribution in [2.45, 2.75) is 44.1 Å². The Bertz CT molecular complexity index is 652. The highest BCUT2D eigenvalue weighted by Crippen LogP contribution is 2.29. The Morgan fingerprint density at radius 3 is 2.70 bits per heavy atom. The summed E-state index contributed by atoms with van der Waals surface area (Å²) in [7, 11) is 0. The van der Waals surface area contributed by atoms with Crippen LogP contribution >= 0.6 is 0 Å². The Morgan fingerprint density at radius 1 is 1.30 bits per heavy atom. The van der Waals surface area contributed by atoms with Crippen molar-refractivity contribution in [1.82, 2.24) is 14.8 Å². The van der Waals surface area contributed by atoms with E-state index in [0.717, 1.165) is 36.2 Å². The average Bonchev–Trinajstić information content (AvgIpc) is 3.21. The van der Waals surface area contributed by atoms with Gasteiger partial charge in [0, 0.05) is 31.4 Å². The Morgan fingerprint density at radius 2 is 2.04 bits per heavy atom. The van der Waals surface area contributed by atoms with Crippen LogP contribution in [0.5, 0.6) is 0 Å². The zero-order chi connectivity index (χ0) is 16.6. The van der Waals surface area contributed by atoms with E-state index in [0.29, 0.717) is 6.04 Å². The van der Waals surface area contributed by atoms with Gasteiger partial charge in [-0.25, -0.2) is 0 Å². The van der Waals surface area contributed by atoms with E-state index < -0.39 is 29.8 Å². The van der Waals surface area contributed by atoms with Gasteiger partial charge in [-0.05, 0) is 31.4 Å². The van der Waals surface area contributed by atoms with Crippen LogP contribution in [0, 0.1) is 0 Å². The predicted octanol–water partition coefficient (Wildman–Crippen LogP) is 1.22. The second-order valence-electron chi connectivity index (χ2n) is 6.13. The average molecular weight is 329 g/mol. The van der Waals surface area contributed by atoms with Gasteiger partial charge in [0.2, 0.25) is 5.91 Å². The van der Waals surface area contributed by atoms with Crippen LogP contribution in [0.15, 0.2) is 23.1 Å². The summed E-state index contributed by atoms with van der Waals surface area (Å²) < 4.78 is 38.9. The van der Waals surface area contributed by atoms with E-state index in [4.69, 9.17) is 0 Å². The fourth-order valence-electron chi connectivity index (χ4n) is 2.98. The third-order valence-electron chi connectivity index (χ3n) is 4.29. The minimum Gasteiger partial charge on any atom is -0.350 e. The van der Waals surface area contributed by atoms with Crippen molar-refractivity contribution < 1.29 is 18.0 Å². The summed E-state index contributed by atoms with van der Waals surface area (Å²) in [6.07, 6.45) is -0.296. The molecule has 1 aliphatic carbocycles. The Kier molecular flexibility index (Phi) is 4.18. The van der Waals surface area contributed by atoms with Gasteiger partial charge in [-0.15, -0.1) is 0 Å². The van der Waals surface area contributed by atoms with Gasteiger partial charge in [-0.3, -0.25) is 14.5 Å². The largest absolute Gasteiger partial charge is 0.421 e. The van der Waals surface area contributed by atoms with E-state index in [1.165, 1.54) is 19.0 Å². The van der Waals surface area contributed by atoms with Crippen LogP contribution < -0.4 is 10.9 Å². The summed E-state index contributed by atoms with van der Waals surface area (Å²) in [6, 6.07) is 2.48. The van der Waals surface area contributed by atoms with E-state index in [-0.39, 0.29) is 6.04 Å². The van der Waals surface area contributed by atoms with Crippen molar-refractivity contribution >= 4 is 5.91 Å². The molecule has 1 saturated carbocycles. The van der Waals surface area contributed by atoms with Gasteiger partial charge >= 0.3 is 6.18 Å². The van der Waals surface area contributed by atoms with Crippen molar-refractivity contribution in [3.63, 3.8) is 0 Å². The number of carbonyl (C=O) groups is 1. The maximum absolute atomic E-state index is 12.7. The van der Waals surface area contributed by atoms with Gasteiger partial charge in [0.1, 0.15) is 12.1 Å². The van der Waals surface area contributed by atoms with Crippen LogP contribution in [-0.4, -0.2) is 40.5 Å². The molecule has 0 spiro atoms. The van der Waals surface area contributed by atoms with Crippen LogP contribution in [0.2, 0.25) is 0 Å². The summed E-state index contributed by atoms with van der Waals surface area (Å²) in [5.41, 5.74) is -2.45. The third-order valence-corrected chi connectivity index (χ3v) is 4.29. The summed E-state index contributed by atoms with van der Waals surface area (Å²) in [4.78, 5) is 26.1. The molecule has 1 saturated heterocycles. The number of nitrogens with zero attached hydrogens (tertiary/aromatic N) is 2. The monoisotopic (exact) mass is 329 g/mol. The molecule has 1 aromatic rings. The van der Waals surface area contributed by atoms with E-state index in [1.807, 2.05) is 0 Å². The molecular formula is C15H18F3N3O2. The summed E-state index contributed by atoms with van der Waals surface area (Å²) in [5.74, 6) is -0.436.